The molecule has 0 bridgehead atoms. The minimum absolute atomic E-state index is 0.0707. The van der Waals surface area contributed by atoms with E-state index in [2.05, 4.69) is 25.8 Å². The SMILES string of the molecule is CCc1[nH]nc(-c2ccc(F)c(N)c2)c1-c1ccnc(Nc2cccc(OCCNC)c2)n1. The van der Waals surface area contributed by atoms with Crippen LogP contribution in [0, 0.1) is 5.82 Å². The Balaban J connectivity index is 1.64. The summed E-state index contributed by atoms with van der Waals surface area (Å²) in [7, 11) is 1.88. The lowest BCUT2D eigenvalue weighted by Crippen LogP contribution is -2.15. The number of ether oxygens (including phenoxy) is 1. The molecule has 170 valence electrons. The molecule has 0 spiro atoms. The highest BCUT2D eigenvalue weighted by atomic mass is 19.1. The minimum atomic E-state index is -0.461. The molecular weight excluding hydrogens is 421 g/mol. The van der Waals surface area contributed by atoms with E-state index < -0.39 is 5.82 Å². The lowest BCUT2D eigenvalue weighted by Gasteiger charge is -2.10. The summed E-state index contributed by atoms with van der Waals surface area (Å²) < 4.78 is 19.4. The summed E-state index contributed by atoms with van der Waals surface area (Å²) in [6, 6.07) is 14.0. The van der Waals surface area contributed by atoms with Crippen LogP contribution in [0.15, 0.2) is 54.7 Å². The van der Waals surface area contributed by atoms with Gasteiger partial charge in [0.05, 0.1) is 11.4 Å². The first kappa shape index (κ1) is 22.2. The van der Waals surface area contributed by atoms with Crippen molar-refractivity contribution < 1.29 is 9.13 Å². The number of rotatable bonds is 9. The zero-order chi connectivity index (χ0) is 23.2. The van der Waals surface area contributed by atoms with Crippen LogP contribution in [-0.2, 0) is 6.42 Å². The summed E-state index contributed by atoms with van der Waals surface area (Å²) in [5.74, 6) is 0.732. The fourth-order valence-corrected chi connectivity index (χ4v) is 3.43. The van der Waals surface area contributed by atoms with Crippen LogP contribution in [0.3, 0.4) is 0 Å². The quantitative estimate of drug-likeness (QED) is 0.225. The van der Waals surface area contributed by atoms with E-state index in [0.29, 0.717) is 29.5 Å². The van der Waals surface area contributed by atoms with Crippen LogP contribution in [-0.4, -0.2) is 40.4 Å². The van der Waals surface area contributed by atoms with Gasteiger partial charge in [-0.15, -0.1) is 0 Å². The maximum atomic E-state index is 13.7. The van der Waals surface area contributed by atoms with Gasteiger partial charge in [-0.2, -0.15) is 5.10 Å². The Morgan fingerprint density at radius 2 is 2.03 bits per heavy atom. The van der Waals surface area contributed by atoms with E-state index in [1.807, 2.05) is 44.3 Å². The first-order valence-electron chi connectivity index (χ1n) is 10.7. The molecule has 9 heteroatoms. The van der Waals surface area contributed by atoms with Crippen LogP contribution in [0.2, 0.25) is 0 Å². The molecule has 0 saturated carbocycles. The first-order valence-corrected chi connectivity index (χ1v) is 10.7. The molecule has 0 unspecified atom stereocenters. The number of benzene rings is 2. The second kappa shape index (κ2) is 10.1. The van der Waals surface area contributed by atoms with Crippen molar-refractivity contribution >= 4 is 17.3 Å². The summed E-state index contributed by atoms with van der Waals surface area (Å²) in [6.45, 7) is 3.36. The van der Waals surface area contributed by atoms with Gasteiger partial charge >= 0.3 is 0 Å². The van der Waals surface area contributed by atoms with Crippen molar-refractivity contribution in [2.75, 3.05) is 31.2 Å². The Kier molecular flexibility index (Phi) is 6.80. The summed E-state index contributed by atoms with van der Waals surface area (Å²) >= 11 is 0. The number of likely N-dealkylation sites (N-methyl/N-ethyl adjacent to an activating group) is 1. The van der Waals surface area contributed by atoms with Crippen molar-refractivity contribution in [2.45, 2.75) is 13.3 Å². The summed E-state index contributed by atoms with van der Waals surface area (Å²) in [5.41, 5.74) is 10.5. The third-order valence-corrected chi connectivity index (χ3v) is 5.09. The van der Waals surface area contributed by atoms with Crippen molar-refractivity contribution in [3.63, 3.8) is 0 Å². The molecule has 2 aromatic heterocycles. The molecule has 0 aliphatic heterocycles. The molecular formula is C24H26FN7O. The van der Waals surface area contributed by atoms with Crippen molar-refractivity contribution in [1.29, 1.82) is 0 Å². The highest BCUT2D eigenvalue weighted by molar-refractivity contribution is 5.82. The van der Waals surface area contributed by atoms with Crippen molar-refractivity contribution in [3.05, 3.63) is 66.2 Å². The van der Waals surface area contributed by atoms with Crippen molar-refractivity contribution in [1.82, 2.24) is 25.5 Å². The number of H-pyrrole nitrogens is 1. The monoisotopic (exact) mass is 447 g/mol. The number of anilines is 3. The number of nitrogens with zero attached hydrogens (tertiary/aromatic N) is 3. The minimum Gasteiger partial charge on any atom is -0.492 e. The molecule has 0 fully saturated rings. The number of aryl methyl sites for hydroxylation is 1. The summed E-state index contributed by atoms with van der Waals surface area (Å²) in [6.07, 6.45) is 2.41. The van der Waals surface area contributed by atoms with Gasteiger partial charge in [0.2, 0.25) is 5.95 Å². The van der Waals surface area contributed by atoms with Gasteiger partial charge in [-0.05, 0) is 49.9 Å². The van der Waals surface area contributed by atoms with Crippen LogP contribution >= 0.6 is 0 Å². The molecule has 2 heterocycles. The summed E-state index contributed by atoms with van der Waals surface area (Å²) in [5, 5.41) is 13.8. The molecule has 0 saturated heterocycles. The molecule has 0 amide bonds. The highest BCUT2D eigenvalue weighted by Crippen LogP contribution is 2.34. The maximum Gasteiger partial charge on any atom is 0.227 e. The highest BCUT2D eigenvalue weighted by Gasteiger charge is 2.18. The van der Waals surface area contributed by atoms with Crippen molar-refractivity contribution in [2.24, 2.45) is 0 Å². The number of hydrogen-bond acceptors (Lipinski definition) is 7. The van der Waals surface area contributed by atoms with Gasteiger partial charge in [-0.3, -0.25) is 5.10 Å². The smallest absolute Gasteiger partial charge is 0.227 e. The lowest BCUT2D eigenvalue weighted by atomic mass is 10.0. The Morgan fingerprint density at radius 3 is 2.82 bits per heavy atom. The van der Waals surface area contributed by atoms with E-state index in [0.717, 1.165) is 35.7 Å². The van der Waals surface area contributed by atoms with E-state index >= 15 is 0 Å². The number of nitrogens with one attached hydrogen (secondary N) is 3. The fourth-order valence-electron chi connectivity index (χ4n) is 3.43. The Morgan fingerprint density at radius 1 is 1.15 bits per heavy atom. The van der Waals surface area contributed by atoms with Gasteiger partial charge in [0.15, 0.2) is 0 Å². The van der Waals surface area contributed by atoms with Crippen LogP contribution in [0.1, 0.15) is 12.6 Å². The van der Waals surface area contributed by atoms with Gasteiger partial charge in [0, 0.05) is 41.3 Å². The molecule has 4 aromatic rings. The second-order valence-corrected chi connectivity index (χ2v) is 7.39. The molecule has 5 N–H and O–H groups in total. The summed E-state index contributed by atoms with van der Waals surface area (Å²) in [4.78, 5) is 9.07. The third kappa shape index (κ3) is 5.09. The van der Waals surface area contributed by atoms with Crippen LogP contribution < -0.4 is 21.1 Å². The third-order valence-electron chi connectivity index (χ3n) is 5.09. The standard InChI is InChI=1S/C24H26FN7O/c1-3-20-22(23(32-31-20)15-7-8-18(25)19(26)13-15)21-9-10-28-24(30-21)29-16-5-4-6-17(14-16)33-12-11-27-2/h4-10,13-14,27H,3,11-12,26H2,1-2H3,(H,31,32)(H,28,29,30). The molecule has 0 aliphatic carbocycles. The number of aromatic nitrogens is 4. The second-order valence-electron chi connectivity index (χ2n) is 7.39. The predicted molar refractivity (Wildman–Crippen MR) is 128 cm³/mol. The molecule has 33 heavy (non-hydrogen) atoms. The normalized spacial score (nSPS) is 10.9. The van der Waals surface area contributed by atoms with Gasteiger partial charge in [0.25, 0.3) is 0 Å². The number of halogens is 1. The fraction of sp³-hybridized carbons (Fsp3) is 0.208. The van der Waals surface area contributed by atoms with Crippen LogP contribution in [0.4, 0.5) is 21.7 Å². The Labute approximate surface area is 191 Å². The maximum absolute atomic E-state index is 13.7. The molecule has 0 aliphatic rings. The number of aromatic amines is 1. The molecule has 0 atom stereocenters. The van der Waals surface area contributed by atoms with E-state index in [1.54, 1.807) is 18.3 Å². The number of hydrogen-bond donors (Lipinski definition) is 4. The number of nitrogens with two attached hydrogens (primary N) is 1. The zero-order valence-electron chi connectivity index (χ0n) is 18.5. The first-order chi connectivity index (χ1) is 16.1. The van der Waals surface area contributed by atoms with Gasteiger partial charge < -0.3 is 21.1 Å². The van der Waals surface area contributed by atoms with Gasteiger partial charge in [0.1, 0.15) is 23.9 Å². The average Bonchev–Trinajstić information content (AvgIpc) is 3.26. The zero-order valence-corrected chi connectivity index (χ0v) is 18.5. The molecule has 8 nitrogen and oxygen atoms in total. The van der Waals surface area contributed by atoms with Crippen LogP contribution in [0.5, 0.6) is 5.75 Å². The largest absolute Gasteiger partial charge is 0.492 e. The Hall–Kier alpha value is -3.98. The van der Waals surface area contributed by atoms with Crippen LogP contribution in [0.25, 0.3) is 22.5 Å². The predicted octanol–water partition coefficient (Wildman–Crippen LogP) is 4.16. The molecule has 2 aromatic carbocycles. The van der Waals surface area contributed by atoms with E-state index in [4.69, 9.17) is 15.5 Å². The van der Waals surface area contributed by atoms with E-state index in [1.165, 1.54) is 6.07 Å². The molecule has 0 radical (unpaired) electrons. The van der Waals surface area contributed by atoms with E-state index in [9.17, 15) is 4.39 Å². The van der Waals surface area contributed by atoms with Gasteiger partial charge in [-0.1, -0.05) is 13.0 Å². The topological polar surface area (TPSA) is 114 Å². The number of nitrogen functional groups attached to an aromatic ring is 1. The van der Waals surface area contributed by atoms with Gasteiger partial charge in [-0.25, -0.2) is 14.4 Å². The average molecular weight is 448 g/mol. The van der Waals surface area contributed by atoms with Crippen molar-refractivity contribution in [3.8, 4) is 28.3 Å². The lowest BCUT2D eigenvalue weighted by molar-refractivity contribution is 0.318. The van der Waals surface area contributed by atoms with E-state index in [-0.39, 0.29) is 5.69 Å². The Bertz CT molecular complexity index is 1240. The molecule has 4 rings (SSSR count).